The number of methoxy groups -OCH3 is 2. The second kappa shape index (κ2) is 6.00. The minimum Gasteiger partial charge on any atom is -0.368 e. The minimum absolute atomic E-state index is 0.198. The lowest BCUT2D eigenvalue weighted by molar-refractivity contribution is -0.150. The van der Waals surface area contributed by atoms with Gasteiger partial charge in [-0.05, 0) is 6.92 Å². The number of rotatable bonds is 5. The molecule has 0 unspecified atom stereocenters. The number of aryl methyl sites for hydroxylation is 1. The highest BCUT2D eigenvalue weighted by Crippen LogP contribution is 2.29. The Hall–Kier alpha value is -0.950. The molecule has 0 saturated carbocycles. The first-order valence-corrected chi connectivity index (χ1v) is 6.48. The second-order valence-corrected chi connectivity index (χ2v) is 5.12. The number of hydrogen-bond acceptors (Lipinski definition) is 5. The Balaban J connectivity index is 2.03. The topological polar surface area (TPSA) is 48.8 Å². The quantitative estimate of drug-likeness (QED) is 0.732. The van der Waals surface area contributed by atoms with Crippen molar-refractivity contribution in [3.63, 3.8) is 0 Å². The van der Waals surface area contributed by atoms with E-state index in [1.54, 1.807) is 18.9 Å². The molecule has 0 amide bonds. The van der Waals surface area contributed by atoms with Crippen LogP contribution in [0, 0.1) is 0 Å². The summed E-state index contributed by atoms with van der Waals surface area (Å²) in [5.41, 5.74) is 0.782. The fourth-order valence-electron chi connectivity index (χ4n) is 2.43. The Morgan fingerprint density at radius 2 is 2.21 bits per heavy atom. The Bertz CT molecular complexity index is 406. The summed E-state index contributed by atoms with van der Waals surface area (Å²) in [7, 11) is 5.24. The number of ether oxygens (including phenoxy) is 3. The molecule has 0 aromatic carbocycles. The smallest absolute Gasteiger partial charge is 0.169 e. The van der Waals surface area contributed by atoms with Gasteiger partial charge in [-0.15, -0.1) is 0 Å². The van der Waals surface area contributed by atoms with E-state index in [9.17, 15) is 0 Å². The first kappa shape index (κ1) is 14.5. The van der Waals surface area contributed by atoms with Gasteiger partial charge in [0.1, 0.15) is 5.60 Å². The van der Waals surface area contributed by atoms with Crippen LogP contribution in [-0.2, 0) is 26.9 Å². The average molecular weight is 269 g/mol. The van der Waals surface area contributed by atoms with Gasteiger partial charge in [-0.1, -0.05) is 0 Å². The summed E-state index contributed by atoms with van der Waals surface area (Å²) in [6.07, 6.45) is 3.68. The first-order valence-electron chi connectivity index (χ1n) is 6.48. The Labute approximate surface area is 114 Å². The number of nitrogens with zero attached hydrogens (tertiary/aromatic N) is 3. The van der Waals surface area contributed by atoms with Crippen LogP contribution in [0.15, 0.2) is 12.4 Å². The van der Waals surface area contributed by atoms with E-state index in [4.69, 9.17) is 14.2 Å². The van der Waals surface area contributed by atoms with Gasteiger partial charge in [0, 0.05) is 52.7 Å². The normalized spacial score (nSPS) is 25.1. The molecule has 108 valence electrons. The summed E-state index contributed by atoms with van der Waals surface area (Å²) in [6.45, 7) is 5.24. The third-order valence-electron chi connectivity index (χ3n) is 3.60. The van der Waals surface area contributed by atoms with Crippen LogP contribution in [0.1, 0.15) is 12.5 Å². The number of aromatic nitrogens is 2. The van der Waals surface area contributed by atoms with Crippen LogP contribution in [0.5, 0.6) is 0 Å². The van der Waals surface area contributed by atoms with Gasteiger partial charge in [-0.2, -0.15) is 5.10 Å². The molecule has 1 aromatic rings. The molecule has 6 heteroatoms. The molecule has 0 bridgehead atoms. The van der Waals surface area contributed by atoms with Crippen LogP contribution >= 0.6 is 0 Å². The fraction of sp³-hybridized carbons (Fsp3) is 0.769. The van der Waals surface area contributed by atoms with E-state index in [2.05, 4.69) is 16.9 Å². The van der Waals surface area contributed by atoms with Crippen LogP contribution in [0.2, 0.25) is 0 Å². The molecule has 6 nitrogen and oxygen atoms in total. The van der Waals surface area contributed by atoms with E-state index < -0.39 is 0 Å². The van der Waals surface area contributed by atoms with Gasteiger partial charge in [0.2, 0.25) is 0 Å². The van der Waals surface area contributed by atoms with E-state index >= 15 is 0 Å². The lowest BCUT2D eigenvalue weighted by Gasteiger charge is -2.40. The van der Waals surface area contributed by atoms with Gasteiger partial charge < -0.3 is 14.2 Å². The van der Waals surface area contributed by atoms with Crippen molar-refractivity contribution in [3.05, 3.63) is 18.0 Å². The molecule has 0 spiro atoms. The summed E-state index contributed by atoms with van der Waals surface area (Å²) in [5.74, 6) is 0. The van der Waals surface area contributed by atoms with Crippen LogP contribution < -0.4 is 0 Å². The zero-order valence-electron chi connectivity index (χ0n) is 12.1. The maximum Gasteiger partial charge on any atom is 0.169 e. The van der Waals surface area contributed by atoms with E-state index in [0.717, 1.165) is 25.2 Å². The van der Waals surface area contributed by atoms with Gasteiger partial charge >= 0.3 is 0 Å². The lowest BCUT2D eigenvalue weighted by Crippen LogP contribution is -2.50. The Morgan fingerprint density at radius 3 is 2.79 bits per heavy atom. The lowest BCUT2D eigenvalue weighted by atomic mass is 9.97. The van der Waals surface area contributed by atoms with Crippen molar-refractivity contribution in [2.24, 2.45) is 7.05 Å². The van der Waals surface area contributed by atoms with Crippen molar-refractivity contribution in [1.29, 1.82) is 0 Å². The van der Waals surface area contributed by atoms with Crippen LogP contribution in [0.3, 0.4) is 0 Å². The third-order valence-corrected chi connectivity index (χ3v) is 3.60. The van der Waals surface area contributed by atoms with Crippen LogP contribution in [0.4, 0.5) is 0 Å². The Morgan fingerprint density at radius 1 is 1.47 bits per heavy atom. The van der Waals surface area contributed by atoms with Crippen molar-refractivity contribution < 1.29 is 14.2 Å². The summed E-state index contributed by atoms with van der Waals surface area (Å²) in [5, 5.41) is 4.22. The highest BCUT2D eigenvalue weighted by atomic mass is 16.7. The van der Waals surface area contributed by atoms with Crippen LogP contribution in [-0.4, -0.2) is 61.4 Å². The zero-order chi connectivity index (χ0) is 13.9. The van der Waals surface area contributed by atoms with Crippen molar-refractivity contribution in [2.45, 2.75) is 18.8 Å². The van der Waals surface area contributed by atoms with Crippen LogP contribution in [0.25, 0.3) is 0 Å². The maximum absolute atomic E-state index is 5.97. The van der Waals surface area contributed by atoms with E-state index in [0.29, 0.717) is 6.61 Å². The molecule has 0 N–H and O–H groups in total. The summed E-state index contributed by atoms with van der Waals surface area (Å²) < 4.78 is 18.3. The third kappa shape index (κ3) is 3.33. The summed E-state index contributed by atoms with van der Waals surface area (Å²) in [4.78, 5) is 2.30. The minimum atomic E-state index is -0.321. The Kier molecular flexibility index (Phi) is 4.57. The maximum atomic E-state index is 5.97. The molecule has 1 atom stereocenters. The SMILES string of the molecule is COC(CN1CCO[C@](C)(c2cnn(C)c2)C1)OC. The molecule has 0 radical (unpaired) electrons. The van der Waals surface area contributed by atoms with Gasteiger partial charge in [0.05, 0.1) is 12.8 Å². The average Bonchev–Trinajstić information content (AvgIpc) is 2.83. The van der Waals surface area contributed by atoms with Gasteiger partial charge in [0.15, 0.2) is 6.29 Å². The molecule has 1 aromatic heterocycles. The highest BCUT2D eigenvalue weighted by Gasteiger charge is 2.35. The summed E-state index contributed by atoms with van der Waals surface area (Å²) >= 11 is 0. The standard InChI is InChI=1S/C13H23N3O3/c1-13(11-7-14-15(2)8-11)10-16(5-6-19-13)9-12(17-3)18-4/h7-8,12H,5-6,9-10H2,1-4H3/t13-/m0/s1. The van der Waals surface area contributed by atoms with Crippen molar-refractivity contribution in [2.75, 3.05) is 40.5 Å². The molecule has 0 aliphatic carbocycles. The second-order valence-electron chi connectivity index (χ2n) is 5.12. The summed E-state index contributed by atoms with van der Waals surface area (Å²) in [6, 6.07) is 0. The molecule has 2 rings (SSSR count). The molecule has 19 heavy (non-hydrogen) atoms. The molecular weight excluding hydrogens is 246 g/mol. The van der Waals surface area contributed by atoms with E-state index in [1.165, 1.54) is 0 Å². The van der Waals surface area contributed by atoms with Gasteiger partial charge in [0.25, 0.3) is 0 Å². The van der Waals surface area contributed by atoms with Gasteiger partial charge in [-0.25, -0.2) is 0 Å². The zero-order valence-corrected chi connectivity index (χ0v) is 12.1. The predicted molar refractivity (Wildman–Crippen MR) is 70.8 cm³/mol. The van der Waals surface area contributed by atoms with Crippen molar-refractivity contribution in [3.8, 4) is 0 Å². The highest BCUT2D eigenvalue weighted by molar-refractivity contribution is 5.16. The molecular formula is C13H23N3O3. The van der Waals surface area contributed by atoms with Crippen molar-refractivity contribution >= 4 is 0 Å². The fourth-order valence-corrected chi connectivity index (χ4v) is 2.43. The number of hydrogen-bond donors (Lipinski definition) is 0. The van der Waals surface area contributed by atoms with Gasteiger partial charge in [-0.3, -0.25) is 9.58 Å². The van der Waals surface area contributed by atoms with E-state index in [1.807, 2.05) is 19.4 Å². The van der Waals surface area contributed by atoms with Crippen molar-refractivity contribution in [1.82, 2.24) is 14.7 Å². The monoisotopic (exact) mass is 269 g/mol. The largest absolute Gasteiger partial charge is 0.368 e. The number of morpholine rings is 1. The molecule has 1 saturated heterocycles. The van der Waals surface area contributed by atoms with E-state index in [-0.39, 0.29) is 11.9 Å². The molecule has 2 heterocycles. The molecule has 1 aliphatic rings. The molecule has 1 fully saturated rings. The predicted octanol–water partition coefficient (Wildman–Crippen LogP) is 0.586. The molecule has 1 aliphatic heterocycles. The first-order chi connectivity index (χ1) is 9.07.